The second-order valence-corrected chi connectivity index (χ2v) is 6.51. The van der Waals surface area contributed by atoms with Gasteiger partial charge < -0.3 is 4.74 Å². The molecule has 0 saturated carbocycles. The van der Waals surface area contributed by atoms with Crippen molar-refractivity contribution in [3.8, 4) is 22.9 Å². The molecule has 29 heavy (non-hydrogen) atoms. The van der Waals surface area contributed by atoms with E-state index in [1.165, 1.54) is 0 Å². The average Bonchev–Trinajstić information content (AvgIpc) is 2.71. The van der Waals surface area contributed by atoms with Gasteiger partial charge in [0.2, 0.25) is 0 Å². The summed E-state index contributed by atoms with van der Waals surface area (Å²) in [5, 5.41) is 0.597. The number of H-pyrrole nitrogens is 1. The van der Waals surface area contributed by atoms with Crippen LogP contribution in [0.3, 0.4) is 0 Å². The van der Waals surface area contributed by atoms with Gasteiger partial charge in [-0.3, -0.25) is 4.98 Å². The molecule has 4 rings (SSSR count). The molecule has 1 aromatic heterocycles. The summed E-state index contributed by atoms with van der Waals surface area (Å²) in [5.74, 6) is 1.10. The molecule has 3 aromatic carbocycles. The summed E-state index contributed by atoms with van der Waals surface area (Å²) in [6.45, 7) is 0. The highest BCUT2D eigenvalue weighted by atomic mass is 35.5. The quantitative estimate of drug-likeness (QED) is 0.563. The molecule has 0 bridgehead atoms. The molecule has 7 nitrogen and oxygen atoms in total. The van der Waals surface area contributed by atoms with E-state index >= 15 is 0 Å². The third-order valence-corrected chi connectivity index (χ3v) is 4.41. The van der Waals surface area contributed by atoms with E-state index in [-0.39, 0.29) is 0 Å². The Morgan fingerprint density at radius 3 is 1.69 bits per heavy atom. The van der Waals surface area contributed by atoms with Crippen molar-refractivity contribution in [2.75, 3.05) is 0 Å². The highest BCUT2D eigenvalue weighted by Crippen LogP contribution is 2.23. The van der Waals surface area contributed by atoms with E-state index in [4.69, 9.17) is 16.3 Å². The zero-order valence-electron chi connectivity index (χ0n) is 14.9. The molecular weight excluding hydrogens is 394 g/mol. The third kappa shape index (κ3) is 3.76. The molecule has 4 aromatic rings. The van der Waals surface area contributed by atoms with Crippen LogP contribution >= 0.6 is 11.6 Å². The van der Waals surface area contributed by atoms with E-state index in [2.05, 4.69) is 4.98 Å². The van der Waals surface area contributed by atoms with Gasteiger partial charge in [0.05, 0.1) is 11.4 Å². The predicted octanol–water partition coefficient (Wildman–Crippen LogP) is 3.12. The lowest BCUT2D eigenvalue weighted by molar-refractivity contribution is 0.482. The second-order valence-electron chi connectivity index (χ2n) is 6.07. The van der Waals surface area contributed by atoms with Crippen LogP contribution in [0.15, 0.2) is 93.2 Å². The summed E-state index contributed by atoms with van der Waals surface area (Å²) >= 11 is 5.86. The second kappa shape index (κ2) is 7.65. The number of nitrogens with zero attached hydrogens (tertiary/aromatic N) is 2. The Labute approximate surface area is 169 Å². The highest BCUT2D eigenvalue weighted by molar-refractivity contribution is 6.30. The molecule has 0 unspecified atom stereocenters. The molecule has 144 valence electrons. The van der Waals surface area contributed by atoms with Crippen molar-refractivity contribution in [2.45, 2.75) is 0 Å². The van der Waals surface area contributed by atoms with Gasteiger partial charge in [-0.1, -0.05) is 29.8 Å². The number of rotatable bonds is 4. The molecule has 0 spiro atoms. The van der Waals surface area contributed by atoms with Gasteiger partial charge in [0.25, 0.3) is 0 Å². The van der Waals surface area contributed by atoms with Gasteiger partial charge in [-0.25, -0.2) is 23.5 Å². The number of nitrogens with one attached hydrogen (secondary N) is 1. The van der Waals surface area contributed by atoms with Crippen LogP contribution in [0, 0.1) is 0 Å². The SMILES string of the molecule is O=c1[nH]c(=O)n(-c2ccc(Oc3ccc(Cl)cc3)cc2)c(=O)n1-c1ccccc1. The molecule has 1 N–H and O–H groups in total. The maximum atomic E-state index is 12.9. The molecule has 0 atom stereocenters. The Kier molecular flexibility index (Phi) is 4.88. The Balaban J connectivity index is 1.73. The summed E-state index contributed by atoms with van der Waals surface area (Å²) in [6, 6.07) is 21.6. The van der Waals surface area contributed by atoms with Crippen LogP contribution in [-0.4, -0.2) is 14.1 Å². The van der Waals surface area contributed by atoms with Crippen molar-refractivity contribution in [1.82, 2.24) is 14.1 Å². The average molecular weight is 408 g/mol. The summed E-state index contributed by atoms with van der Waals surface area (Å²) in [6.07, 6.45) is 0. The van der Waals surface area contributed by atoms with E-state index < -0.39 is 17.1 Å². The molecule has 1 heterocycles. The number of halogens is 1. The molecule has 0 aliphatic heterocycles. The van der Waals surface area contributed by atoms with Crippen LogP contribution in [0.2, 0.25) is 5.02 Å². The number of ether oxygens (including phenoxy) is 1. The van der Waals surface area contributed by atoms with Crippen molar-refractivity contribution >= 4 is 11.6 Å². The lowest BCUT2D eigenvalue weighted by Crippen LogP contribution is -2.47. The number of aromatic nitrogens is 3. The number of aromatic amines is 1. The fourth-order valence-electron chi connectivity index (χ4n) is 2.81. The number of hydrogen-bond donors (Lipinski definition) is 1. The van der Waals surface area contributed by atoms with E-state index in [0.29, 0.717) is 27.9 Å². The summed E-state index contributed by atoms with van der Waals surface area (Å²) < 4.78 is 7.50. The van der Waals surface area contributed by atoms with Crippen LogP contribution in [0.25, 0.3) is 11.4 Å². The van der Waals surface area contributed by atoms with Crippen LogP contribution in [-0.2, 0) is 0 Å². The molecule has 0 aliphatic rings. The Hall–Kier alpha value is -3.84. The lowest BCUT2D eigenvalue weighted by Gasteiger charge is -2.10. The fraction of sp³-hybridized carbons (Fsp3) is 0. The zero-order valence-corrected chi connectivity index (χ0v) is 15.7. The van der Waals surface area contributed by atoms with E-state index in [9.17, 15) is 14.4 Å². The van der Waals surface area contributed by atoms with Crippen molar-refractivity contribution < 1.29 is 4.74 Å². The summed E-state index contributed by atoms with van der Waals surface area (Å²) in [5.41, 5.74) is -1.74. The Morgan fingerprint density at radius 1 is 0.655 bits per heavy atom. The Morgan fingerprint density at radius 2 is 1.14 bits per heavy atom. The largest absolute Gasteiger partial charge is 0.457 e. The summed E-state index contributed by atoms with van der Waals surface area (Å²) in [7, 11) is 0. The third-order valence-electron chi connectivity index (χ3n) is 4.16. The van der Waals surface area contributed by atoms with Crippen molar-refractivity contribution in [3.05, 3.63) is 115 Å². The van der Waals surface area contributed by atoms with Gasteiger partial charge >= 0.3 is 17.1 Å². The molecule has 0 aliphatic carbocycles. The molecule has 0 saturated heterocycles. The van der Waals surface area contributed by atoms with Gasteiger partial charge in [-0.05, 0) is 60.7 Å². The van der Waals surface area contributed by atoms with Crippen LogP contribution in [0.1, 0.15) is 0 Å². The molecule has 0 fully saturated rings. The zero-order chi connectivity index (χ0) is 20.4. The first-order chi connectivity index (χ1) is 14.0. The first kappa shape index (κ1) is 18.5. The molecule has 8 heteroatoms. The van der Waals surface area contributed by atoms with Crippen molar-refractivity contribution in [2.24, 2.45) is 0 Å². The highest BCUT2D eigenvalue weighted by Gasteiger charge is 2.13. The van der Waals surface area contributed by atoms with Gasteiger partial charge in [0.1, 0.15) is 11.5 Å². The van der Waals surface area contributed by atoms with Crippen molar-refractivity contribution in [1.29, 1.82) is 0 Å². The smallest absolute Gasteiger partial charge is 0.345 e. The first-order valence-corrected chi connectivity index (χ1v) is 8.98. The minimum absolute atomic E-state index is 0.296. The minimum Gasteiger partial charge on any atom is -0.457 e. The van der Waals surface area contributed by atoms with Crippen LogP contribution < -0.4 is 21.8 Å². The van der Waals surface area contributed by atoms with Crippen molar-refractivity contribution in [3.63, 3.8) is 0 Å². The maximum Gasteiger partial charge on any atom is 0.345 e. The van der Waals surface area contributed by atoms with E-state index in [1.54, 1.807) is 78.9 Å². The van der Waals surface area contributed by atoms with Gasteiger partial charge in [0.15, 0.2) is 0 Å². The first-order valence-electron chi connectivity index (χ1n) is 8.60. The van der Waals surface area contributed by atoms with Crippen LogP contribution in [0.4, 0.5) is 0 Å². The maximum absolute atomic E-state index is 12.9. The molecular formula is C21H14ClN3O4. The number of hydrogen-bond acceptors (Lipinski definition) is 4. The molecule has 0 amide bonds. The standard InChI is InChI=1S/C21H14ClN3O4/c22-14-6-10-17(11-7-14)29-18-12-8-16(9-13-18)25-20(27)23-19(26)24(21(25)28)15-4-2-1-3-5-15/h1-13H,(H,23,26,27). The Bertz CT molecular complexity index is 1320. The number of benzene rings is 3. The molecule has 0 radical (unpaired) electrons. The predicted molar refractivity (Wildman–Crippen MR) is 110 cm³/mol. The minimum atomic E-state index is -0.821. The monoisotopic (exact) mass is 407 g/mol. The van der Waals surface area contributed by atoms with Gasteiger partial charge in [-0.15, -0.1) is 0 Å². The van der Waals surface area contributed by atoms with E-state index in [1.807, 2.05) is 0 Å². The fourth-order valence-corrected chi connectivity index (χ4v) is 2.94. The van der Waals surface area contributed by atoms with Gasteiger partial charge in [0, 0.05) is 5.02 Å². The summed E-state index contributed by atoms with van der Waals surface area (Å²) in [4.78, 5) is 39.6. The topological polar surface area (TPSA) is 86.1 Å². The normalized spacial score (nSPS) is 10.7. The lowest BCUT2D eigenvalue weighted by atomic mass is 10.3. The van der Waals surface area contributed by atoms with Gasteiger partial charge in [-0.2, -0.15) is 0 Å². The van der Waals surface area contributed by atoms with E-state index in [0.717, 1.165) is 9.13 Å². The number of para-hydroxylation sites is 1. The van der Waals surface area contributed by atoms with Crippen LogP contribution in [0.5, 0.6) is 11.5 Å².